The van der Waals surface area contributed by atoms with Crippen LogP contribution in [-0.2, 0) is 11.3 Å². The summed E-state index contributed by atoms with van der Waals surface area (Å²) in [5, 5.41) is 0. The lowest BCUT2D eigenvalue weighted by Gasteiger charge is -2.17. The maximum Gasteiger partial charge on any atom is 0.125 e. The molecule has 0 unspecified atom stereocenters. The van der Waals surface area contributed by atoms with Gasteiger partial charge in [0.15, 0.2) is 0 Å². The second-order valence-electron chi connectivity index (χ2n) is 7.11. The van der Waals surface area contributed by atoms with Crippen molar-refractivity contribution in [3.8, 4) is 11.5 Å². The molecule has 1 rings (SSSR count). The Hall–Kier alpha value is -1.36. The largest absolute Gasteiger partial charge is 0.493 e. The number of unbranched alkanes of at least 4 members (excludes halogenated alkanes) is 1. The van der Waals surface area contributed by atoms with Gasteiger partial charge in [-0.25, -0.2) is 0 Å². The van der Waals surface area contributed by atoms with Gasteiger partial charge in [0.05, 0.1) is 12.2 Å². The highest BCUT2D eigenvalue weighted by Crippen LogP contribution is 2.30. The molecule has 0 aromatic heterocycles. The Morgan fingerprint density at radius 2 is 1.93 bits per heavy atom. The first-order chi connectivity index (χ1) is 12.7. The molecule has 1 aromatic rings. The number of rotatable bonds is 11. The van der Waals surface area contributed by atoms with Crippen molar-refractivity contribution in [1.82, 2.24) is 5.48 Å². The van der Waals surface area contributed by atoms with Gasteiger partial charge in [0, 0.05) is 6.20 Å². The van der Waals surface area contributed by atoms with Gasteiger partial charge in [0.1, 0.15) is 22.6 Å². The number of hydrogen-bond donors (Lipinski definition) is 1. The Kier molecular flexibility index (Phi) is 10.7. The molecule has 0 bridgehead atoms. The number of ether oxygens (including phenoxy) is 2. The fraction of sp³-hybridized carbons (Fsp3) is 0.524. The van der Waals surface area contributed by atoms with E-state index in [1.807, 2.05) is 52.1 Å². The van der Waals surface area contributed by atoms with E-state index in [9.17, 15) is 0 Å². The van der Waals surface area contributed by atoms with Crippen LogP contribution in [0.25, 0.3) is 0 Å². The number of aryl methyl sites for hydroxylation is 2. The van der Waals surface area contributed by atoms with Crippen LogP contribution < -0.4 is 15.0 Å². The molecule has 0 amide bonds. The van der Waals surface area contributed by atoms with Crippen molar-refractivity contribution in [3.63, 3.8) is 0 Å². The van der Waals surface area contributed by atoms with Gasteiger partial charge in [-0.2, -0.15) is 0 Å². The maximum absolute atomic E-state index is 6.02. The summed E-state index contributed by atoms with van der Waals surface area (Å²) in [5.41, 5.74) is 4.81. The van der Waals surface area contributed by atoms with Gasteiger partial charge in [-0.3, -0.25) is 10.3 Å². The molecule has 0 atom stereocenters. The fourth-order valence-corrected chi connectivity index (χ4v) is 2.41. The van der Waals surface area contributed by atoms with Gasteiger partial charge >= 0.3 is 0 Å². The van der Waals surface area contributed by atoms with Crippen LogP contribution in [0.2, 0.25) is 0 Å². The van der Waals surface area contributed by atoms with Crippen molar-refractivity contribution >= 4 is 23.2 Å². The molecule has 6 heteroatoms. The Labute approximate surface area is 173 Å². The predicted molar refractivity (Wildman–Crippen MR) is 114 cm³/mol. The minimum absolute atomic E-state index is 0.204. The predicted octanol–water partition coefficient (Wildman–Crippen LogP) is 6.25. The van der Waals surface area contributed by atoms with Gasteiger partial charge in [-0.05, 0) is 76.3 Å². The van der Waals surface area contributed by atoms with Gasteiger partial charge in [0.25, 0.3) is 0 Å². The highest BCUT2D eigenvalue weighted by Gasteiger charge is 2.10. The molecule has 0 saturated carbocycles. The third-order valence-corrected chi connectivity index (χ3v) is 3.81. The molecule has 4 nitrogen and oxygen atoms in total. The first-order valence-corrected chi connectivity index (χ1v) is 9.97. The number of allylic oxidation sites excluding steroid dienone is 1. The van der Waals surface area contributed by atoms with Gasteiger partial charge in [-0.1, -0.05) is 36.2 Å². The molecular weight excluding hydrogens is 385 g/mol. The lowest BCUT2D eigenvalue weighted by Crippen LogP contribution is -2.25. The monoisotopic (exact) mass is 415 g/mol. The van der Waals surface area contributed by atoms with Crippen LogP contribution in [0.3, 0.4) is 0 Å². The van der Waals surface area contributed by atoms with E-state index < -0.39 is 0 Å². The summed E-state index contributed by atoms with van der Waals surface area (Å²) < 4.78 is 11.9. The van der Waals surface area contributed by atoms with Crippen molar-refractivity contribution in [1.29, 1.82) is 0 Å². The Bertz CT molecular complexity index is 633. The molecule has 0 fully saturated rings. The molecular formula is C21H31Cl2NO3. The quantitative estimate of drug-likeness (QED) is 0.342. The molecule has 0 aliphatic heterocycles. The Morgan fingerprint density at radius 3 is 2.56 bits per heavy atom. The summed E-state index contributed by atoms with van der Waals surface area (Å²) in [6.45, 7) is 11.1. The van der Waals surface area contributed by atoms with Crippen LogP contribution in [0.4, 0.5) is 0 Å². The average molecular weight is 416 g/mol. The number of halogens is 2. The van der Waals surface area contributed by atoms with E-state index in [1.54, 1.807) is 6.08 Å². The topological polar surface area (TPSA) is 39.7 Å². The molecule has 0 radical (unpaired) electrons. The summed E-state index contributed by atoms with van der Waals surface area (Å²) in [7, 11) is 0. The zero-order chi connectivity index (χ0) is 20.3. The summed E-state index contributed by atoms with van der Waals surface area (Å²) in [6, 6.07) is 3.98. The second kappa shape index (κ2) is 12.2. The van der Waals surface area contributed by atoms with Crippen molar-refractivity contribution in [2.24, 2.45) is 0 Å². The highest BCUT2D eigenvalue weighted by molar-refractivity contribution is 6.55. The molecule has 0 aliphatic rings. The van der Waals surface area contributed by atoms with E-state index in [0.717, 1.165) is 41.9 Å². The van der Waals surface area contributed by atoms with Gasteiger partial charge in [0.2, 0.25) is 0 Å². The smallest absolute Gasteiger partial charge is 0.125 e. The van der Waals surface area contributed by atoms with Crippen LogP contribution >= 0.6 is 23.2 Å². The average Bonchev–Trinajstić information content (AvgIpc) is 2.57. The van der Waals surface area contributed by atoms with Crippen LogP contribution in [0.15, 0.2) is 35.0 Å². The highest BCUT2D eigenvalue weighted by atomic mass is 35.5. The zero-order valence-electron chi connectivity index (χ0n) is 16.9. The van der Waals surface area contributed by atoms with E-state index in [-0.39, 0.29) is 10.1 Å². The summed E-state index contributed by atoms with van der Waals surface area (Å²) in [4.78, 5) is 5.41. The van der Waals surface area contributed by atoms with E-state index >= 15 is 0 Å². The number of hydroxylamine groups is 1. The normalized spacial score (nSPS) is 11.5. The standard InChI is InChI=1S/C21H31Cl2NO3/c1-6-17-15-18(25-13-10-19(22)23)14-16(2)20(17)26-12-9-7-8-11-24-27-21(3,4)5/h8,10-11,14-15,24H,6-7,9,12-13H2,1-5H3. The van der Waals surface area contributed by atoms with Crippen LogP contribution in [-0.4, -0.2) is 18.8 Å². The lowest BCUT2D eigenvalue weighted by molar-refractivity contribution is -0.0522. The summed E-state index contributed by atoms with van der Waals surface area (Å²) in [5.74, 6) is 1.73. The van der Waals surface area contributed by atoms with E-state index in [0.29, 0.717) is 13.2 Å². The molecule has 152 valence electrons. The fourth-order valence-electron chi connectivity index (χ4n) is 2.28. The molecule has 0 spiro atoms. The van der Waals surface area contributed by atoms with Crippen molar-refractivity contribution < 1.29 is 14.3 Å². The van der Waals surface area contributed by atoms with Crippen molar-refractivity contribution in [2.45, 2.75) is 59.5 Å². The zero-order valence-corrected chi connectivity index (χ0v) is 18.4. The molecule has 0 saturated heterocycles. The summed E-state index contributed by atoms with van der Waals surface area (Å²) in [6.07, 6.45) is 8.18. The minimum atomic E-state index is -0.204. The SMILES string of the molecule is CCc1cc(OCC=C(Cl)Cl)cc(C)c1OCCCC=CNOC(C)(C)C. The first-order valence-electron chi connectivity index (χ1n) is 9.21. The van der Waals surface area contributed by atoms with Gasteiger partial charge < -0.3 is 9.47 Å². The molecule has 1 N–H and O–H groups in total. The molecule has 0 heterocycles. The molecule has 27 heavy (non-hydrogen) atoms. The minimum Gasteiger partial charge on any atom is -0.493 e. The Morgan fingerprint density at radius 1 is 1.19 bits per heavy atom. The second-order valence-corrected chi connectivity index (χ2v) is 8.12. The van der Waals surface area contributed by atoms with E-state index in [4.69, 9.17) is 37.5 Å². The third-order valence-electron chi connectivity index (χ3n) is 3.51. The van der Waals surface area contributed by atoms with Crippen LogP contribution in [0.1, 0.15) is 51.7 Å². The third kappa shape index (κ3) is 10.5. The van der Waals surface area contributed by atoms with Gasteiger partial charge in [-0.15, -0.1) is 0 Å². The van der Waals surface area contributed by atoms with Crippen LogP contribution in [0, 0.1) is 6.92 Å². The lowest BCUT2D eigenvalue weighted by atomic mass is 10.1. The molecule has 1 aromatic carbocycles. The first kappa shape index (κ1) is 23.7. The molecule has 0 aliphatic carbocycles. The number of hydrogen-bond acceptors (Lipinski definition) is 4. The Balaban J connectivity index is 2.48. The number of nitrogens with one attached hydrogen (secondary N) is 1. The van der Waals surface area contributed by atoms with Crippen LogP contribution in [0.5, 0.6) is 11.5 Å². The summed E-state index contributed by atoms with van der Waals surface area (Å²) >= 11 is 11.2. The van der Waals surface area contributed by atoms with E-state index in [1.165, 1.54) is 0 Å². The number of benzene rings is 1. The maximum atomic E-state index is 6.02. The van der Waals surface area contributed by atoms with Crippen molar-refractivity contribution in [2.75, 3.05) is 13.2 Å². The van der Waals surface area contributed by atoms with Crippen molar-refractivity contribution in [3.05, 3.63) is 46.1 Å². The van der Waals surface area contributed by atoms with E-state index in [2.05, 4.69) is 12.4 Å².